The molecular weight excluding hydrogens is 198 g/mol. The van der Waals surface area contributed by atoms with Crippen LogP contribution in [0.5, 0.6) is 0 Å². The van der Waals surface area contributed by atoms with E-state index in [0.717, 1.165) is 24.1 Å². The zero-order chi connectivity index (χ0) is 11.6. The first kappa shape index (κ1) is 10.9. The molecule has 1 aliphatic rings. The normalized spacial score (nSPS) is 19.6. The highest BCUT2D eigenvalue weighted by molar-refractivity contribution is 5.96. The smallest absolute Gasteiger partial charge is 0.244 e. The Morgan fingerprint density at radius 3 is 2.56 bits per heavy atom. The van der Waals surface area contributed by atoms with Gasteiger partial charge in [0, 0.05) is 12.6 Å². The first-order chi connectivity index (χ1) is 7.57. The van der Waals surface area contributed by atoms with Crippen molar-refractivity contribution in [2.24, 2.45) is 5.41 Å². The fourth-order valence-corrected chi connectivity index (χ4v) is 2.00. The SMILES string of the molecule is CC1(C)CNC(=O)C=C(c2ccccc2)C1. The van der Waals surface area contributed by atoms with Gasteiger partial charge in [-0.3, -0.25) is 4.79 Å². The van der Waals surface area contributed by atoms with Gasteiger partial charge in [-0.2, -0.15) is 0 Å². The molecule has 16 heavy (non-hydrogen) atoms. The minimum absolute atomic E-state index is 0.0180. The second-order valence-corrected chi connectivity index (χ2v) is 5.09. The van der Waals surface area contributed by atoms with Gasteiger partial charge in [0.2, 0.25) is 5.91 Å². The Balaban J connectivity index is 2.35. The van der Waals surface area contributed by atoms with Gasteiger partial charge >= 0.3 is 0 Å². The van der Waals surface area contributed by atoms with Gasteiger partial charge in [-0.05, 0) is 23.0 Å². The molecule has 1 aromatic rings. The Morgan fingerprint density at radius 2 is 1.88 bits per heavy atom. The Kier molecular flexibility index (Phi) is 2.82. The van der Waals surface area contributed by atoms with E-state index in [-0.39, 0.29) is 11.3 Å². The summed E-state index contributed by atoms with van der Waals surface area (Å²) in [6.45, 7) is 5.09. The summed E-state index contributed by atoms with van der Waals surface area (Å²) in [6, 6.07) is 10.1. The molecule has 0 bridgehead atoms. The van der Waals surface area contributed by atoms with E-state index in [1.807, 2.05) is 18.2 Å². The van der Waals surface area contributed by atoms with Crippen LogP contribution in [-0.4, -0.2) is 12.5 Å². The topological polar surface area (TPSA) is 29.1 Å². The number of hydrogen-bond acceptors (Lipinski definition) is 1. The van der Waals surface area contributed by atoms with Crippen molar-refractivity contribution in [1.29, 1.82) is 0 Å². The number of carbonyl (C=O) groups is 1. The largest absolute Gasteiger partial charge is 0.352 e. The Morgan fingerprint density at radius 1 is 1.19 bits per heavy atom. The van der Waals surface area contributed by atoms with Gasteiger partial charge in [0.25, 0.3) is 0 Å². The van der Waals surface area contributed by atoms with Crippen molar-refractivity contribution in [3.8, 4) is 0 Å². The zero-order valence-electron chi connectivity index (χ0n) is 9.79. The van der Waals surface area contributed by atoms with Crippen LogP contribution in [0.2, 0.25) is 0 Å². The zero-order valence-corrected chi connectivity index (χ0v) is 9.79. The number of rotatable bonds is 1. The average Bonchev–Trinajstić information content (AvgIpc) is 2.39. The molecule has 2 heteroatoms. The Bertz CT molecular complexity index is 418. The van der Waals surface area contributed by atoms with Crippen LogP contribution >= 0.6 is 0 Å². The number of amides is 1. The van der Waals surface area contributed by atoms with Crippen LogP contribution in [0, 0.1) is 5.41 Å². The first-order valence-corrected chi connectivity index (χ1v) is 5.61. The van der Waals surface area contributed by atoms with E-state index >= 15 is 0 Å². The lowest BCUT2D eigenvalue weighted by Gasteiger charge is -2.23. The van der Waals surface area contributed by atoms with Crippen molar-refractivity contribution >= 4 is 11.5 Å². The molecule has 2 nitrogen and oxygen atoms in total. The first-order valence-electron chi connectivity index (χ1n) is 5.61. The van der Waals surface area contributed by atoms with Crippen LogP contribution in [0.3, 0.4) is 0 Å². The molecule has 84 valence electrons. The maximum atomic E-state index is 11.6. The monoisotopic (exact) mass is 215 g/mol. The molecule has 1 N–H and O–H groups in total. The molecule has 0 saturated carbocycles. The predicted octanol–water partition coefficient (Wildman–Crippen LogP) is 2.62. The number of allylic oxidation sites excluding steroid dienone is 1. The van der Waals surface area contributed by atoms with E-state index in [9.17, 15) is 4.79 Å². The molecule has 0 fully saturated rings. The van der Waals surface area contributed by atoms with Crippen molar-refractivity contribution in [1.82, 2.24) is 5.32 Å². The third-order valence-electron chi connectivity index (χ3n) is 2.86. The predicted molar refractivity (Wildman–Crippen MR) is 65.8 cm³/mol. The Labute approximate surface area is 96.4 Å². The highest BCUT2D eigenvalue weighted by Crippen LogP contribution is 2.31. The highest BCUT2D eigenvalue weighted by atomic mass is 16.1. The second-order valence-electron chi connectivity index (χ2n) is 5.09. The average molecular weight is 215 g/mol. The van der Waals surface area contributed by atoms with Crippen LogP contribution in [-0.2, 0) is 4.79 Å². The van der Waals surface area contributed by atoms with E-state index in [1.165, 1.54) is 0 Å². The van der Waals surface area contributed by atoms with E-state index < -0.39 is 0 Å². The lowest BCUT2D eigenvalue weighted by atomic mass is 9.84. The summed E-state index contributed by atoms with van der Waals surface area (Å²) in [5.41, 5.74) is 2.39. The molecule has 0 unspecified atom stereocenters. The van der Waals surface area contributed by atoms with Crippen molar-refractivity contribution in [3.05, 3.63) is 42.0 Å². The fourth-order valence-electron chi connectivity index (χ4n) is 2.00. The van der Waals surface area contributed by atoms with E-state index in [2.05, 4.69) is 31.3 Å². The molecule has 0 radical (unpaired) electrons. The summed E-state index contributed by atoms with van der Waals surface area (Å²) >= 11 is 0. The van der Waals surface area contributed by atoms with Gasteiger partial charge in [0.15, 0.2) is 0 Å². The maximum absolute atomic E-state index is 11.6. The summed E-state index contributed by atoms with van der Waals surface area (Å²) in [5, 5.41) is 2.92. The van der Waals surface area contributed by atoms with Crippen LogP contribution < -0.4 is 5.32 Å². The summed E-state index contributed by atoms with van der Waals surface area (Å²) < 4.78 is 0. The molecule has 1 heterocycles. The van der Waals surface area contributed by atoms with E-state index in [4.69, 9.17) is 0 Å². The van der Waals surface area contributed by atoms with E-state index in [1.54, 1.807) is 6.08 Å². The molecule has 0 saturated heterocycles. The summed E-state index contributed by atoms with van der Waals surface area (Å²) in [6.07, 6.45) is 2.65. The van der Waals surface area contributed by atoms with Crippen molar-refractivity contribution in [2.75, 3.05) is 6.54 Å². The minimum atomic E-state index is 0.0180. The number of nitrogens with one attached hydrogen (secondary N) is 1. The number of benzene rings is 1. The van der Waals surface area contributed by atoms with Crippen molar-refractivity contribution in [3.63, 3.8) is 0 Å². The van der Waals surface area contributed by atoms with E-state index in [0.29, 0.717) is 0 Å². The van der Waals surface area contributed by atoms with Gasteiger partial charge in [-0.15, -0.1) is 0 Å². The minimum Gasteiger partial charge on any atom is -0.352 e. The van der Waals surface area contributed by atoms with Crippen LogP contribution in [0.15, 0.2) is 36.4 Å². The quantitative estimate of drug-likeness (QED) is 0.766. The van der Waals surface area contributed by atoms with Gasteiger partial charge in [0.05, 0.1) is 0 Å². The summed E-state index contributed by atoms with van der Waals surface area (Å²) in [4.78, 5) is 11.6. The highest BCUT2D eigenvalue weighted by Gasteiger charge is 2.24. The molecule has 2 rings (SSSR count). The van der Waals surface area contributed by atoms with Crippen LogP contribution in [0.25, 0.3) is 5.57 Å². The van der Waals surface area contributed by atoms with Crippen molar-refractivity contribution < 1.29 is 4.79 Å². The summed E-state index contributed by atoms with van der Waals surface area (Å²) in [5.74, 6) is 0.0180. The van der Waals surface area contributed by atoms with Gasteiger partial charge in [-0.25, -0.2) is 0 Å². The van der Waals surface area contributed by atoms with Gasteiger partial charge < -0.3 is 5.32 Å². The number of carbonyl (C=O) groups excluding carboxylic acids is 1. The molecule has 1 amide bonds. The maximum Gasteiger partial charge on any atom is 0.244 e. The fraction of sp³-hybridized carbons (Fsp3) is 0.357. The van der Waals surface area contributed by atoms with Crippen LogP contribution in [0.4, 0.5) is 0 Å². The lowest BCUT2D eigenvalue weighted by molar-refractivity contribution is -0.116. The molecule has 0 aliphatic carbocycles. The lowest BCUT2D eigenvalue weighted by Crippen LogP contribution is -2.30. The summed E-state index contributed by atoms with van der Waals surface area (Å²) in [7, 11) is 0. The molecule has 1 aromatic carbocycles. The molecular formula is C14H17NO. The standard InChI is InChI=1S/C14H17NO/c1-14(2)9-12(8-13(16)15-10-14)11-6-4-3-5-7-11/h3-8H,9-10H2,1-2H3,(H,15,16). The third-order valence-corrected chi connectivity index (χ3v) is 2.86. The van der Waals surface area contributed by atoms with Gasteiger partial charge in [-0.1, -0.05) is 44.2 Å². The second kappa shape index (κ2) is 4.12. The van der Waals surface area contributed by atoms with Gasteiger partial charge in [0.1, 0.15) is 0 Å². The number of hydrogen-bond donors (Lipinski definition) is 1. The third kappa shape index (κ3) is 2.51. The molecule has 0 atom stereocenters. The molecule has 0 aromatic heterocycles. The Hall–Kier alpha value is -1.57. The van der Waals surface area contributed by atoms with Crippen molar-refractivity contribution in [2.45, 2.75) is 20.3 Å². The molecule has 0 spiro atoms. The molecule has 1 aliphatic heterocycles. The van der Waals surface area contributed by atoms with Crippen LogP contribution in [0.1, 0.15) is 25.8 Å².